The minimum atomic E-state index is -0.382. The molecule has 1 heterocycles. The van der Waals surface area contributed by atoms with E-state index in [1.54, 1.807) is 6.20 Å². The summed E-state index contributed by atoms with van der Waals surface area (Å²) in [5, 5.41) is 9.53. The zero-order valence-electron chi connectivity index (χ0n) is 8.43. The largest absolute Gasteiger partial charge is 0.391 e. The van der Waals surface area contributed by atoms with Crippen molar-refractivity contribution in [3.63, 3.8) is 0 Å². The molecule has 1 rings (SSSR count). The van der Waals surface area contributed by atoms with Crippen molar-refractivity contribution in [2.45, 2.75) is 12.5 Å². The molecule has 78 valence electrons. The van der Waals surface area contributed by atoms with E-state index in [1.807, 2.05) is 30.1 Å². The monoisotopic (exact) mass is 195 g/mol. The van der Waals surface area contributed by atoms with Crippen LogP contribution in [0, 0.1) is 0 Å². The first kappa shape index (κ1) is 10.9. The van der Waals surface area contributed by atoms with Gasteiger partial charge in [0.05, 0.1) is 6.10 Å². The lowest BCUT2D eigenvalue weighted by molar-refractivity contribution is 0.174. The predicted octanol–water partition coefficient (Wildman–Crippen LogP) is 0.227. The van der Waals surface area contributed by atoms with Gasteiger partial charge in [-0.25, -0.2) is 4.98 Å². The van der Waals surface area contributed by atoms with Crippen molar-refractivity contribution in [1.29, 1.82) is 0 Å². The minimum Gasteiger partial charge on any atom is -0.391 e. The SMILES string of the molecule is CN(CC(O)CCN)c1ccccn1. The molecule has 3 N–H and O–H groups in total. The summed E-state index contributed by atoms with van der Waals surface area (Å²) in [7, 11) is 1.90. The lowest BCUT2D eigenvalue weighted by Gasteiger charge is -2.21. The standard InChI is InChI=1S/C10H17N3O/c1-13(8-9(14)5-6-11)10-4-2-3-7-12-10/h2-4,7,9,14H,5-6,8,11H2,1H3. The fraction of sp³-hybridized carbons (Fsp3) is 0.500. The Bertz CT molecular complexity index is 253. The van der Waals surface area contributed by atoms with E-state index in [9.17, 15) is 5.11 Å². The maximum Gasteiger partial charge on any atom is 0.128 e. The van der Waals surface area contributed by atoms with E-state index in [2.05, 4.69) is 4.98 Å². The number of nitrogens with two attached hydrogens (primary N) is 1. The first-order chi connectivity index (χ1) is 6.74. The second kappa shape index (κ2) is 5.57. The highest BCUT2D eigenvalue weighted by Gasteiger charge is 2.07. The molecule has 0 fully saturated rings. The zero-order chi connectivity index (χ0) is 10.4. The first-order valence-corrected chi connectivity index (χ1v) is 4.74. The molecular weight excluding hydrogens is 178 g/mol. The van der Waals surface area contributed by atoms with Gasteiger partial charge in [-0.05, 0) is 25.1 Å². The van der Waals surface area contributed by atoms with Crippen LogP contribution in [0.2, 0.25) is 0 Å². The Morgan fingerprint density at radius 1 is 1.57 bits per heavy atom. The van der Waals surface area contributed by atoms with Crippen LogP contribution in [0.25, 0.3) is 0 Å². The van der Waals surface area contributed by atoms with Crippen LogP contribution < -0.4 is 10.6 Å². The molecule has 14 heavy (non-hydrogen) atoms. The number of hydrogen-bond acceptors (Lipinski definition) is 4. The molecule has 0 radical (unpaired) electrons. The van der Waals surface area contributed by atoms with E-state index in [-0.39, 0.29) is 6.10 Å². The van der Waals surface area contributed by atoms with Crippen molar-refractivity contribution >= 4 is 5.82 Å². The average molecular weight is 195 g/mol. The van der Waals surface area contributed by atoms with Crippen molar-refractivity contribution in [2.75, 3.05) is 25.0 Å². The summed E-state index contributed by atoms with van der Waals surface area (Å²) in [5.74, 6) is 0.864. The zero-order valence-corrected chi connectivity index (χ0v) is 8.43. The maximum atomic E-state index is 9.53. The predicted molar refractivity (Wildman–Crippen MR) is 57.2 cm³/mol. The quantitative estimate of drug-likeness (QED) is 0.706. The number of aliphatic hydroxyl groups excluding tert-OH is 1. The van der Waals surface area contributed by atoms with Gasteiger partial charge in [0.25, 0.3) is 0 Å². The van der Waals surface area contributed by atoms with Crippen LogP contribution in [0.1, 0.15) is 6.42 Å². The Kier molecular flexibility index (Phi) is 4.35. The van der Waals surface area contributed by atoms with Crippen LogP contribution in [-0.2, 0) is 0 Å². The van der Waals surface area contributed by atoms with E-state index in [0.29, 0.717) is 19.5 Å². The van der Waals surface area contributed by atoms with Gasteiger partial charge in [0.15, 0.2) is 0 Å². The third kappa shape index (κ3) is 3.32. The van der Waals surface area contributed by atoms with Crippen LogP contribution >= 0.6 is 0 Å². The van der Waals surface area contributed by atoms with E-state index in [0.717, 1.165) is 5.82 Å². The lowest BCUT2D eigenvalue weighted by atomic mass is 10.2. The minimum absolute atomic E-state index is 0.382. The Hall–Kier alpha value is -1.13. The summed E-state index contributed by atoms with van der Waals surface area (Å²) < 4.78 is 0. The van der Waals surface area contributed by atoms with Gasteiger partial charge >= 0.3 is 0 Å². The van der Waals surface area contributed by atoms with Gasteiger partial charge < -0.3 is 15.7 Å². The molecule has 0 aliphatic carbocycles. The molecule has 0 spiro atoms. The number of aromatic nitrogens is 1. The molecule has 0 amide bonds. The van der Waals surface area contributed by atoms with Gasteiger partial charge in [-0.2, -0.15) is 0 Å². The smallest absolute Gasteiger partial charge is 0.128 e. The van der Waals surface area contributed by atoms with Gasteiger partial charge in [-0.1, -0.05) is 6.07 Å². The summed E-state index contributed by atoms with van der Waals surface area (Å²) in [4.78, 5) is 6.09. The van der Waals surface area contributed by atoms with Crippen LogP contribution in [-0.4, -0.2) is 36.3 Å². The third-order valence-electron chi connectivity index (χ3n) is 2.02. The van der Waals surface area contributed by atoms with E-state index in [4.69, 9.17) is 5.73 Å². The second-order valence-corrected chi connectivity index (χ2v) is 3.30. The Balaban J connectivity index is 2.46. The highest BCUT2D eigenvalue weighted by molar-refractivity contribution is 5.36. The first-order valence-electron chi connectivity index (χ1n) is 4.74. The lowest BCUT2D eigenvalue weighted by Crippen LogP contribution is -2.30. The number of aliphatic hydroxyl groups is 1. The molecule has 0 aliphatic heterocycles. The van der Waals surface area contributed by atoms with Gasteiger partial charge in [0, 0.05) is 19.8 Å². The molecule has 4 nitrogen and oxygen atoms in total. The van der Waals surface area contributed by atoms with Gasteiger partial charge in [-0.15, -0.1) is 0 Å². The Labute approximate surface area is 84.4 Å². The summed E-state index contributed by atoms with van der Waals surface area (Å²) >= 11 is 0. The molecule has 0 aromatic carbocycles. The summed E-state index contributed by atoms with van der Waals surface area (Å²) in [6.45, 7) is 1.07. The number of hydrogen-bond donors (Lipinski definition) is 2. The second-order valence-electron chi connectivity index (χ2n) is 3.30. The fourth-order valence-corrected chi connectivity index (χ4v) is 1.27. The summed E-state index contributed by atoms with van der Waals surface area (Å²) in [6, 6.07) is 5.71. The van der Waals surface area contributed by atoms with Crippen molar-refractivity contribution < 1.29 is 5.11 Å². The van der Waals surface area contributed by atoms with Gasteiger partial charge in [0.1, 0.15) is 5.82 Å². The summed E-state index contributed by atoms with van der Waals surface area (Å²) in [6.07, 6.45) is 1.98. The summed E-state index contributed by atoms with van der Waals surface area (Å²) in [5.41, 5.74) is 5.35. The Morgan fingerprint density at radius 3 is 2.93 bits per heavy atom. The average Bonchev–Trinajstić information content (AvgIpc) is 2.19. The number of pyridine rings is 1. The Morgan fingerprint density at radius 2 is 2.36 bits per heavy atom. The molecule has 4 heteroatoms. The molecule has 1 atom stereocenters. The topological polar surface area (TPSA) is 62.4 Å². The van der Waals surface area contributed by atoms with Crippen molar-refractivity contribution in [3.05, 3.63) is 24.4 Å². The van der Waals surface area contributed by atoms with Gasteiger partial charge in [-0.3, -0.25) is 0 Å². The van der Waals surface area contributed by atoms with E-state index in [1.165, 1.54) is 0 Å². The molecule has 0 saturated carbocycles. The fourth-order valence-electron chi connectivity index (χ4n) is 1.27. The molecule has 1 aromatic heterocycles. The van der Waals surface area contributed by atoms with Crippen molar-refractivity contribution in [3.8, 4) is 0 Å². The van der Waals surface area contributed by atoms with Crippen LogP contribution in [0.3, 0.4) is 0 Å². The van der Waals surface area contributed by atoms with Crippen LogP contribution in [0.5, 0.6) is 0 Å². The molecule has 0 aliphatic rings. The number of nitrogens with zero attached hydrogens (tertiary/aromatic N) is 2. The van der Waals surface area contributed by atoms with Crippen LogP contribution in [0.4, 0.5) is 5.82 Å². The van der Waals surface area contributed by atoms with E-state index >= 15 is 0 Å². The highest BCUT2D eigenvalue weighted by Crippen LogP contribution is 2.07. The van der Waals surface area contributed by atoms with Crippen molar-refractivity contribution in [1.82, 2.24) is 4.98 Å². The molecule has 0 bridgehead atoms. The van der Waals surface area contributed by atoms with Crippen LogP contribution in [0.15, 0.2) is 24.4 Å². The molecule has 1 unspecified atom stereocenters. The number of rotatable bonds is 5. The molecule has 1 aromatic rings. The number of anilines is 1. The normalized spacial score (nSPS) is 12.5. The van der Waals surface area contributed by atoms with E-state index < -0.39 is 0 Å². The maximum absolute atomic E-state index is 9.53. The number of likely N-dealkylation sites (N-methyl/N-ethyl adjacent to an activating group) is 1. The highest BCUT2D eigenvalue weighted by atomic mass is 16.3. The van der Waals surface area contributed by atoms with Gasteiger partial charge in [0.2, 0.25) is 0 Å². The molecule has 0 saturated heterocycles. The third-order valence-corrected chi connectivity index (χ3v) is 2.02. The van der Waals surface area contributed by atoms with Crippen molar-refractivity contribution in [2.24, 2.45) is 5.73 Å². The molecular formula is C10H17N3O.